The van der Waals surface area contributed by atoms with Gasteiger partial charge in [-0.1, -0.05) is 6.07 Å². The second-order valence-corrected chi connectivity index (χ2v) is 8.17. The van der Waals surface area contributed by atoms with Gasteiger partial charge in [0.1, 0.15) is 17.5 Å². The van der Waals surface area contributed by atoms with Crippen molar-refractivity contribution in [3.05, 3.63) is 66.1 Å². The van der Waals surface area contributed by atoms with Gasteiger partial charge in [0.2, 0.25) is 5.95 Å². The molecule has 1 aliphatic heterocycles. The van der Waals surface area contributed by atoms with E-state index in [2.05, 4.69) is 30.5 Å². The molecule has 3 aromatic rings. The third-order valence-corrected chi connectivity index (χ3v) is 5.69. The zero-order chi connectivity index (χ0) is 24.8. The summed E-state index contributed by atoms with van der Waals surface area (Å²) in [7, 11) is 1.60. The molecular formula is C25H28F2N8. The SMILES string of the molecule is CN=C/C(=C\N)Nc1ncc(-c2ccc(N3CCCCC3)c(F)c2)c(Nc2cc(N)ccc2F)n1. The summed E-state index contributed by atoms with van der Waals surface area (Å²) in [5, 5.41) is 5.93. The van der Waals surface area contributed by atoms with Gasteiger partial charge in [0.05, 0.1) is 17.1 Å². The van der Waals surface area contributed by atoms with E-state index in [9.17, 15) is 4.39 Å². The number of nitrogens with one attached hydrogen (secondary N) is 2. The molecule has 0 unspecified atom stereocenters. The summed E-state index contributed by atoms with van der Waals surface area (Å²) in [6.07, 6.45) is 7.62. The normalized spacial score (nSPS) is 14.4. The summed E-state index contributed by atoms with van der Waals surface area (Å²) in [5.41, 5.74) is 14.1. The molecular weight excluding hydrogens is 450 g/mol. The van der Waals surface area contributed by atoms with Crippen molar-refractivity contribution in [2.45, 2.75) is 19.3 Å². The number of aromatic nitrogens is 2. The van der Waals surface area contributed by atoms with Crippen molar-refractivity contribution in [1.29, 1.82) is 0 Å². The Morgan fingerprint density at radius 2 is 1.89 bits per heavy atom. The minimum absolute atomic E-state index is 0.131. The number of nitrogens with zero attached hydrogens (tertiary/aromatic N) is 4. The van der Waals surface area contributed by atoms with Gasteiger partial charge in [-0.25, -0.2) is 13.8 Å². The molecule has 4 rings (SSSR count). The van der Waals surface area contributed by atoms with Crippen molar-refractivity contribution in [3.8, 4) is 11.1 Å². The van der Waals surface area contributed by atoms with E-state index >= 15 is 4.39 Å². The van der Waals surface area contributed by atoms with Crippen molar-refractivity contribution in [3.63, 3.8) is 0 Å². The number of aliphatic imine (C=N–C) groups is 1. The van der Waals surface area contributed by atoms with Crippen molar-refractivity contribution in [1.82, 2.24) is 9.97 Å². The Morgan fingerprint density at radius 3 is 2.60 bits per heavy atom. The topological polar surface area (TPSA) is 117 Å². The lowest BCUT2D eigenvalue weighted by Crippen LogP contribution is -2.30. The van der Waals surface area contributed by atoms with Gasteiger partial charge < -0.3 is 27.0 Å². The zero-order valence-corrected chi connectivity index (χ0v) is 19.4. The largest absolute Gasteiger partial charge is 0.403 e. The predicted octanol–water partition coefficient (Wildman–Crippen LogP) is 4.65. The van der Waals surface area contributed by atoms with Gasteiger partial charge >= 0.3 is 0 Å². The Bertz CT molecular complexity index is 1250. The molecule has 35 heavy (non-hydrogen) atoms. The minimum Gasteiger partial charge on any atom is -0.403 e. The molecule has 6 N–H and O–H groups in total. The van der Waals surface area contributed by atoms with E-state index in [-0.39, 0.29) is 23.3 Å². The number of hydrogen-bond acceptors (Lipinski definition) is 8. The lowest BCUT2D eigenvalue weighted by atomic mass is 10.0. The average molecular weight is 479 g/mol. The molecule has 0 spiro atoms. The molecule has 0 bridgehead atoms. The Kier molecular flexibility index (Phi) is 7.39. The number of rotatable bonds is 7. The molecule has 1 aliphatic rings. The molecule has 0 radical (unpaired) electrons. The monoisotopic (exact) mass is 478 g/mol. The number of halogens is 2. The molecule has 182 valence electrons. The van der Waals surface area contributed by atoms with Crippen LogP contribution in [0, 0.1) is 11.6 Å². The molecule has 0 atom stereocenters. The lowest BCUT2D eigenvalue weighted by Gasteiger charge is -2.29. The summed E-state index contributed by atoms with van der Waals surface area (Å²) in [6, 6.07) is 9.22. The number of anilines is 5. The van der Waals surface area contributed by atoms with Gasteiger partial charge in [0, 0.05) is 50.0 Å². The first kappa shape index (κ1) is 23.9. The third kappa shape index (κ3) is 5.65. The summed E-state index contributed by atoms with van der Waals surface area (Å²) in [4.78, 5) is 14.8. The quantitative estimate of drug-likeness (QED) is 0.288. The maximum atomic E-state index is 15.2. The van der Waals surface area contributed by atoms with Crippen LogP contribution in [0.15, 0.2) is 59.5 Å². The standard InChI is InChI=1S/C25H28F2N8/c1-30-14-18(13-28)32-25-31-15-19(24(34-25)33-22-12-17(29)6-7-20(22)26)16-5-8-23(21(27)11-16)35-9-3-2-4-10-35/h5-8,11-15H,2-4,9-10,28-29H2,1H3,(H2,31,32,33,34)/b18-13+,30-14?. The van der Waals surface area contributed by atoms with Crippen LogP contribution in [0.5, 0.6) is 0 Å². The van der Waals surface area contributed by atoms with Gasteiger partial charge in [0.15, 0.2) is 0 Å². The highest BCUT2D eigenvalue weighted by Gasteiger charge is 2.18. The van der Waals surface area contributed by atoms with Gasteiger partial charge in [0.25, 0.3) is 0 Å². The molecule has 1 fully saturated rings. The number of nitrogen functional groups attached to an aromatic ring is 1. The zero-order valence-electron chi connectivity index (χ0n) is 19.4. The van der Waals surface area contributed by atoms with Crippen LogP contribution in [-0.2, 0) is 0 Å². The highest BCUT2D eigenvalue weighted by molar-refractivity contribution is 5.83. The summed E-state index contributed by atoms with van der Waals surface area (Å²) >= 11 is 0. The van der Waals surface area contributed by atoms with E-state index < -0.39 is 5.82 Å². The first-order valence-corrected chi connectivity index (χ1v) is 11.3. The maximum absolute atomic E-state index is 15.2. The third-order valence-electron chi connectivity index (χ3n) is 5.69. The summed E-state index contributed by atoms with van der Waals surface area (Å²) < 4.78 is 29.6. The number of hydrogen-bond donors (Lipinski definition) is 4. The van der Waals surface area contributed by atoms with E-state index in [1.54, 1.807) is 13.1 Å². The molecule has 1 aromatic heterocycles. The van der Waals surface area contributed by atoms with E-state index in [0.717, 1.165) is 32.4 Å². The fourth-order valence-electron chi connectivity index (χ4n) is 3.97. The van der Waals surface area contributed by atoms with Crippen molar-refractivity contribution in [2.75, 3.05) is 41.4 Å². The van der Waals surface area contributed by atoms with Gasteiger partial charge in [-0.2, -0.15) is 4.98 Å². The van der Waals surface area contributed by atoms with Crippen LogP contribution in [0.2, 0.25) is 0 Å². The van der Waals surface area contributed by atoms with Gasteiger partial charge in [-0.3, -0.25) is 4.99 Å². The van der Waals surface area contributed by atoms with Crippen LogP contribution in [0.4, 0.5) is 37.6 Å². The Labute approximate surface area is 202 Å². The Balaban J connectivity index is 1.73. The second-order valence-electron chi connectivity index (χ2n) is 8.17. The van der Waals surface area contributed by atoms with Crippen LogP contribution >= 0.6 is 0 Å². The second kappa shape index (κ2) is 10.8. The van der Waals surface area contributed by atoms with Crippen LogP contribution in [0.1, 0.15) is 19.3 Å². The highest BCUT2D eigenvalue weighted by atomic mass is 19.1. The van der Waals surface area contributed by atoms with Crippen LogP contribution in [0.3, 0.4) is 0 Å². The van der Waals surface area contributed by atoms with Gasteiger partial charge in [-0.15, -0.1) is 0 Å². The van der Waals surface area contributed by atoms with Crippen molar-refractivity contribution in [2.24, 2.45) is 10.7 Å². The number of nitrogens with two attached hydrogens (primary N) is 2. The van der Waals surface area contributed by atoms with E-state index in [1.165, 1.54) is 42.9 Å². The smallest absolute Gasteiger partial charge is 0.229 e. The number of piperidine rings is 1. The van der Waals surface area contributed by atoms with Crippen molar-refractivity contribution >= 4 is 35.0 Å². The first-order valence-electron chi connectivity index (χ1n) is 11.3. The van der Waals surface area contributed by atoms with Gasteiger partial charge in [-0.05, 0) is 55.2 Å². The number of benzene rings is 2. The maximum Gasteiger partial charge on any atom is 0.229 e. The van der Waals surface area contributed by atoms with Crippen LogP contribution < -0.4 is 27.0 Å². The molecule has 2 aromatic carbocycles. The molecule has 0 amide bonds. The molecule has 8 nitrogen and oxygen atoms in total. The van der Waals surface area contributed by atoms with Crippen LogP contribution in [-0.4, -0.2) is 36.3 Å². The Morgan fingerprint density at radius 1 is 1.09 bits per heavy atom. The Hall–Kier alpha value is -4.21. The molecule has 2 heterocycles. The summed E-state index contributed by atoms with van der Waals surface area (Å²) in [6.45, 7) is 1.67. The molecule has 1 saturated heterocycles. The van der Waals surface area contributed by atoms with E-state index in [4.69, 9.17) is 11.5 Å². The van der Waals surface area contributed by atoms with E-state index in [1.807, 2.05) is 6.07 Å². The average Bonchev–Trinajstić information content (AvgIpc) is 2.86. The fourth-order valence-corrected chi connectivity index (χ4v) is 3.97. The predicted molar refractivity (Wildman–Crippen MR) is 138 cm³/mol. The molecule has 0 aliphatic carbocycles. The highest BCUT2D eigenvalue weighted by Crippen LogP contribution is 2.34. The first-order chi connectivity index (χ1) is 17.0. The molecule has 10 heteroatoms. The fraction of sp³-hybridized carbons (Fsp3) is 0.240. The summed E-state index contributed by atoms with van der Waals surface area (Å²) in [5.74, 6) is -0.379. The van der Waals surface area contributed by atoms with Crippen LogP contribution in [0.25, 0.3) is 11.1 Å². The number of allylic oxidation sites excluding steroid dienone is 1. The lowest BCUT2D eigenvalue weighted by molar-refractivity contribution is 0.557. The van der Waals surface area contributed by atoms with E-state index in [0.29, 0.717) is 28.2 Å². The van der Waals surface area contributed by atoms with Crippen molar-refractivity contribution < 1.29 is 8.78 Å². The minimum atomic E-state index is -0.509. The molecule has 0 saturated carbocycles.